The highest BCUT2D eigenvalue weighted by molar-refractivity contribution is 5.77. The second kappa shape index (κ2) is 6.95. The topological polar surface area (TPSA) is 73.5 Å². The number of rotatable bonds is 5. The van der Waals surface area contributed by atoms with Gasteiger partial charge in [0.1, 0.15) is 5.75 Å². The van der Waals surface area contributed by atoms with Gasteiger partial charge in [-0.1, -0.05) is 18.2 Å². The molecule has 0 amide bonds. The molecule has 4 aromatic rings. The number of nitrogens with one attached hydrogen (secondary N) is 1. The van der Waals surface area contributed by atoms with E-state index in [9.17, 15) is 4.79 Å². The van der Waals surface area contributed by atoms with Crippen LogP contribution >= 0.6 is 0 Å². The number of hydrogen-bond acceptors (Lipinski definition) is 5. The summed E-state index contributed by atoms with van der Waals surface area (Å²) in [4.78, 5) is 21.4. The highest BCUT2D eigenvalue weighted by Gasteiger charge is 2.13. The normalized spacial score (nSPS) is 10.9. The zero-order valence-corrected chi connectivity index (χ0v) is 15.1. The fourth-order valence-electron chi connectivity index (χ4n) is 2.96. The van der Waals surface area contributed by atoms with Crippen molar-refractivity contribution in [3.8, 4) is 16.9 Å². The molecule has 0 saturated heterocycles. The molecule has 4 rings (SSSR count). The third-order valence-corrected chi connectivity index (χ3v) is 4.33. The lowest BCUT2D eigenvalue weighted by molar-refractivity contribution is 0.413. The number of aryl methyl sites for hydroxylation is 1. The minimum Gasteiger partial charge on any atom is -0.495 e. The van der Waals surface area contributed by atoms with Crippen LogP contribution in [-0.4, -0.2) is 26.0 Å². The van der Waals surface area contributed by atoms with E-state index in [2.05, 4.69) is 15.3 Å². The Morgan fingerprint density at radius 3 is 2.74 bits per heavy atom. The van der Waals surface area contributed by atoms with Crippen molar-refractivity contribution in [2.45, 2.75) is 6.54 Å². The minimum absolute atomic E-state index is 0.150. The van der Waals surface area contributed by atoms with Gasteiger partial charge in [0.05, 0.1) is 25.5 Å². The molecule has 0 aliphatic carbocycles. The fourth-order valence-corrected chi connectivity index (χ4v) is 2.96. The lowest BCUT2D eigenvalue weighted by Gasteiger charge is -2.07. The highest BCUT2D eigenvalue weighted by atomic mass is 16.5. The van der Waals surface area contributed by atoms with E-state index in [4.69, 9.17) is 4.74 Å². The average Bonchev–Trinajstić information content (AvgIpc) is 3.14. The third-order valence-electron chi connectivity index (χ3n) is 4.33. The Hall–Kier alpha value is -3.61. The van der Waals surface area contributed by atoms with Gasteiger partial charge < -0.3 is 14.6 Å². The largest absolute Gasteiger partial charge is 0.495 e. The van der Waals surface area contributed by atoms with E-state index < -0.39 is 0 Å². The maximum Gasteiger partial charge on any atom is 0.333 e. The Morgan fingerprint density at radius 2 is 1.96 bits per heavy atom. The summed E-state index contributed by atoms with van der Waals surface area (Å²) < 4.78 is 8.37. The molecule has 0 unspecified atom stereocenters. The first kappa shape index (κ1) is 16.8. The van der Waals surface area contributed by atoms with Crippen LogP contribution < -0.4 is 15.7 Å². The van der Waals surface area contributed by atoms with E-state index in [-0.39, 0.29) is 5.69 Å². The summed E-state index contributed by atoms with van der Waals surface area (Å²) in [6.45, 7) is 0.519. The lowest BCUT2D eigenvalue weighted by Crippen LogP contribution is -2.23. The van der Waals surface area contributed by atoms with Crippen molar-refractivity contribution >= 4 is 11.3 Å². The molecule has 27 heavy (non-hydrogen) atoms. The molecule has 0 spiro atoms. The molecule has 0 radical (unpaired) electrons. The molecular formula is C20H19N5O2. The van der Waals surface area contributed by atoms with Gasteiger partial charge in [-0.15, -0.1) is 0 Å². The van der Waals surface area contributed by atoms with E-state index in [1.165, 1.54) is 4.57 Å². The van der Waals surface area contributed by atoms with Crippen LogP contribution in [0.1, 0.15) is 5.69 Å². The van der Waals surface area contributed by atoms with Gasteiger partial charge >= 0.3 is 5.69 Å². The number of ether oxygens (including phenoxy) is 1. The van der Waals surface area contributed by atoms with Crippen LogP contribution in [0, 0.1) is 0 Å². The molecule has 0 fully saturated rings. The molecule has 1 N–H and O–H groups in total. The van der Waals surface area contributed by atoms with Gasteiger partial charge in [0.2, 0.25) is 0 Å². The second-order valence-electron chi connectivity index (χ2n) is 6.20. The van der Waals surface area contributed by atoms with Crippen LogP contribution in [-0.2, 0) is 13.6 Å². The van der Waals surface area contributed by atoms with Gasteiger partial charge in [-0.05, 0) is 18.2 Å². The van der Waals surface area contributed by atoms with Gasteiger partial charge in [-0.25, -0.2) is 9.78 Å². The van der Waals surface area contributed by atoms with Gasteiger partial charge in [0, 0.05) is 42.5 Å². The number of aromatic nitrogens is 4. The van der Waals surface area contributed by atoms with Crippen molar-refractivity contribution in [1.82, 2.24) is 18.9 Å². The Morgan fingerprint density at radius 1 is 1.15 bits per heavy atom. The van der Waals surface area contributed by atoms with Crippen molar-refractivity contribution in [2.75, 3.05) is 12.4 Å². The van der Waals surface area contributed by atoms with E-state index in [0.717, 1.165) is 22.5 Å². The Balaban J connectivity index is 1.77. The average molecular weight is 361 g/mol. The van der Waals surface area contributed by atoms with Gasteiger partial charge in [-0.2, -0.15) is 0 Å². The molecule has 1 aromatic carbocycles. The number of anilines is 1. The number of para-hydroxylation sites is 1. The number of imidazole rings is 1. The maximum atomic E-state index is 12.5. The number of methoxy groups -OCH3 is 1. The molecule has 3 aromatic heterocycles. The van der Waals surface area contributed by atoms with Gasteiger partial charge in [0.25, 0.3) is 0 Å². The second-order valence-corrected chi connectivity index (χ2v) is 6.20. The van der Waals surface area contributed by atoms with Crippen LogP contribution in [0.5, 0.6) is 5.75 Å². The Labute approximate surface area is 155 Å². The summed E-state index contributed by atoms with van der Waals surface area (Å²) in [5.74, 6) is 0.650. The molecule has 136 valence electrons. The first-order valence-electron chi connectivity index (χ1n) is 8.51. The zero-order chi connectivity index (χ0) is 18.8. The summed E-state index contributed by atoms with van der Waals surface area (Å²) in [5.41, 5.74) is 3.87. The van der Waals surface area contributed by atoms with Crippen molar-refractivity contribution in [3.63, 3.8) is 0 Å². The number of pyridine rings is 1. The first-order chi connectivity index (χ1) is 13.2. The molecule has 7 nitrogen and oxygen atoms in total. The number of hydrogen-bond donors (Lipinski definition) is 1. The molecular weight excluding hydrogens is 342 g/mol. The van der Waals surface area contributed by atoms with Crippen molar-refractivity contribution in [2.24, 2.45) is 7.05 Å². The van der Waals surface area contributed by atoms with Crippen molar-refractivity contribution < 1.29 is 4.74 Å². The SMILES string of the molecule is COc1cncc(-c2cn(C)c(=O)n3cc(CNc4ccccc4)nc23)c1. The van der Waals surface area contributed by atoms with Crippen molar-refractivity contribution in [3.05, 3.63) is 77.4 Å². The molecule has 0 aliphatic heterocycles. The maximum absolute atomic E-state index is 12.5. The summed E-state index contributed by atoms with van der Waals surface area (Å²) in [7, 11) is 3.32. The monoisotopic (exact) mass is 361 g/mol. The predicted molar refractivity (Wildman–Crippen MR) is 104 cm³/mol. The number of fused-ring (bicyclic) bond motifs is 1. The number of nitrogens with zero attached hydrogens (tertiary/aromatic N) is 4. The summed E-state index contributed by atoms with van der Waals surface area (Å²) >= 11 is 0. The third kappa shape index (κ3) is 3.27. The molecule has 0 atom stereocenters. The summed E-state index contributed by atoms with van der Waals surface area (Å²) in [6, 6.07) is 11.8. The molecule has 7 heteroatoms. The van der Waals surface area contributed by atoms with E-state index in [1.54, 1.807) is 43.3 Å². The standard InChI is InChI=1S/C20H19N5O2/c1-24-13-18(14-8-17(27-2)11-21-9-14)19-23-16(12-25(19)20(24)26)10-22-15-6-4-3-5-7-15/h3-9,11-13,22H,10H2,1-2H3. The molecule has 3 heterocycles. The van der Waals surface area contributed by atoms with Crippen LogP contribution in [0.3, 0.4) is 0 Å². The van der Waals surface area contributed by atoms with Crippen LogP contribution in [0.15, 0.2) is 66.0 Å². The van der Waals surface area contributed by atoms with Crippen LogP contribution in [0.4, 0.5) is 5.69 Å². The fraction of sp³-hybridized carbons (Fsp3) is 0.150. The molecule has 0 saturated carbocycles. The predicted octanol–water partition coefficient (Wildman–Crippen LogP) is 2.72. The Bertz CT molecular complexity index is 1150. The van der Waals surface area contributed by atoms with E-state index >= 15 is 0 Å². The van der Waals surface area contributed by atoms with Crippen molar-refractivity contribution in [1.29, 1.82) is 0 Å². The van der Waals surface area contributed by atoms with Gasteiger partial charge in [-0.3, -0.25) is 9.38 Å². The highest BCUT2D eigenvalue weighted by Crippen LogP contribution is 2.25. The van der Waals surface area contributed by atoms with Crippen LogP contribution in [0.2, 0.25) is 0 Å². The summed E-state index contributed by atoms with van der Waals surface area (Å²) in [6.07, 6.45) is 6.92. The smallest absolute Gasteiger partial charge is 0.333 e. The molecule has 0 bridgehead atoms. The first-order valence-corrected chi connectivity index (χ1v) is 8.51. The van der Waals surface area contributed by atoms with Crippen LogP contribution in [0.25, 0.3) is 16.8 Å². The van der Waals surface area contributed by atoms with Gasteiger partial charge in [0.15, 0.2) is 5.65 Å². The zero-order valence-electron chi connectivity index (χ0n) is 15.1. The van der Waals surface area contributed by atoms with E-state index in [1.807, 2.05) is 36.4 Å². The molecule has 0 aliphatic rings. The summed E-state index contributed by atoms with van der Waals surface area (Å²) in [5, 5.41) is 3.32. The van der Waals surface area contributed by atoms with E-state index in [0.29, 0.717) is 17.9 Å². The minimum atomic E-state index is -0.150. The Kier molecular flexibility index (Phi) is 4.33. The quantitative estimate of drug-likeness (QED) is 0.592. The lowest BCUT2D eigenvalue weighted by atomic mass is 10.1. The number of benzene rings is 1.